The van der Waals surface area contributed by atoms with Crippen molar-refractivity contribution >= 4 is 35.2 Å². The van der Waals surface area contributed by atoms with Crippen molar-refractivity contribution in [3.8, 4) is 0 Å². The summed E-state index contributed by atoms with van der Waals surface area (Å²) in [6, 6.07) is 9.75. The van der Waals surface area contributed by atoms with Gasteiger partial charge < -0.3 is 15.4 Å². The molecule has 2 heterocycles. The smallest absolute Gasteiger partial charge is 0.325 e. The van der Waals surface area contributed by atoms with Crippen LogP contribution in [-0.2, 0) is 19.1 Å². The first kappa shape index (κ1) is 19.5. The molecule has 2 saturated heterocycles. The highest BCUT2D eigenvalue weighted by Crippen LogP contribution is 2.26. The van der Waals surface area contributed by atoms with E-state index >= 15 is 0 Å². The average molecular weight is 393 g/mol. The second-order valence-electron chi connectivity index (χ2n) is 6.07. The second-order valence-corrected chi connectivity index (χ2v) is 7.16. The van der Waals surface area contributed by atoms with Crippen molar-refractivity contribution in [1.29, 1.82) is 0 Å². The molecule has 0 aliphatic carbocycles. The van der Waals surface area contributed by atoms with Gasteiger partial charge in [0.1, 0.15) is 18.2 Å². The number of fused-ring (bicyclic) bond motifs is 1. The third kappa shape index (κ3) is 4.90. The molecule has 1 aromatic carbocycles. The number of nitrogens with one attached hydrogen (secondary N) is 4. The molecule has 146 valence electrons. The van der Waals surface area contributed by atoms with Crippen LogP contribution in [0.15, 0.2) is 30.3 Å². The molecule has 0 spiro atoms. The van der Waals surface area contributed by atoms with E-state index in [0.717, 1.165) is 5.69 Å². The Labute approximate surface area is 161 Å². The van der Waals surface area contributed by atoms with Crippen molar-refractivity contribution in [1.82, 2.24) is 21.4 Å². The van der Waals surface area contributed by atoms with Crippen LogP contribution in [0.3, 0.4) is 0 Å². The molecule has 10 heteroatoms. The lowest BCUT2D eigenvalue weighted by Crippen LogP contribution is -2.63. The molecule has 2 amide bonds. The minimum atomic E-state index is -0.474. The van der Waals surface area contributed by atoms with Crippen LogP contribution in [0.4, 0.5) is 5.69 Å². The molecular weight excluding hydrogens is 370 g/mol. The number of hydrogen-bond acceptors (Lipinski definition) is 8. The predicted octanol–water partition coefficient (Wildman–Crippen LogP) is -0.631. The molecular formula is C17H23N5O4S. The summed E-state index contributed by atoms with van der Waals surface area (Å²) in [7, 11) is 0. The molecule has 4 N–H and O–H groups in total. The molecule has 3 unspecified atom stereocenters. The highest BCUT2D eigenvalue weighted by atomic mass is 32.2. The van der Waals surface area contributed by atoms with E-state index in [1.54, 1.807) is 6.92 Å². The van der Waals surface area contributed by atoms with Crippen LogP contribution in [-0.4, -0.2) is 54.9 Å². The second kappa shape index (κ2) is 9.07. The van der Waals surface area contributed by atoms with Gasteiger partial charge in [-0.25, -0.2) is 5.43 Å². The molecule has 0 saturated carbocycles. The maximum atomic E-state index is 12.4. The lowest BCUT2D eigenvalue weighted by Gasteiger charge is -2.37. The van der Waals surface area contributed by atoms with Crippen LogP contribution in [0.5, 0.6) is 0 Å². The Kier molecular flexibility index (Phi) is 6.54. The molecule has 3 rings (SSSR count). The van der Waals surface area contributed by atoms with Gasteiger partial charge >= 0.3 is 5.97 Å². The molecule has 2 aliphatic rings. The van der Waals surface area contributed by atoms with Gasteiger partial charge in [0.25, 0.3) is 0 Å². The van der Waals surface area contributed by atoms with E-state index in [4.69, 9.17) is 4.74 Å². The summed E-state index contributed by atoms with van der Waals surface area (Å²) < 4.78 is 4.76. The van der Waals surface area contributed by atoms with Crippen LogP contribution in [0.1, 0.15) is 6.92 Å². The Bertz CT molecular complexity index is 689. The zero-order valence-electron chi connectivity index (χ0n) is 14.9. The Morgan fingerprint density at radius 3 is 2.85 bits per heavy atom. The summed E-state index contributed by atoms with van der Waals surface area (Å²) in [6.07, 6.45) is -0.207. The lowest BCUT2D eigenvalue weighted by atomic mass is 10.1. The standard InChI is InChI=1S/C17H23N5O4S/c1-2-26-14(24)9-18-13(23)10-27-17-20-15-12(16(25)21-17)8-19-22(15)11-6-4-3-5-7-11/h3-7,12,15,17,19-20H,2,8-10H2,1H3,(H,18,23)(H,21,25). The number of nitrogens with zero attached hydrogens (tertiary/aromatic N) is 1. The average Bonchev–Trinajstić information content (AvgIpc) is 3.10. The van der Waals surface area contributed by atoms with E-state index in [0.29, 0.717) is 6.54 Å². The third-order valence-corrected chi connectivity index (χ3v) is 5.24. The van der Waals surface area contributed by atoms with Crippen LogP contribution in [0, 0.1) is 5.92 Å². The lowest BCUT2D eigenvalue weighted by molar-refractivity contribution is -0.143. The van der Waals surface area contributed by atoms with Crippen LogP contribution in [0.25, 0.3) is 0 Å². The largest absolute Gasteiger partial charge is 0.465 e. The number of benzene rings is 1. The summed E-state index contributed by atoms with van der Waals surface area (Å²) in [5.41, 5.74) is 3.80. The number of ether oxygens (including phenoxy) is 1. The predicted molar refractivity (Wildman–Crippen MR) is 101 cm³/mol. The van der Waals surface area contributed by atoms with Crippen molar-refractivity contribution in [2.24, 2.45) is 5.92 Å². The number of hydrazine groups is 1. The number of thioether (sulfide) groups is 1. The van der Waals surface area contributed by atoms with Gasteiger partial charge in [-0.15, -0.1) is 11.8 Å². The van der Waals surface area contributed by atoms with E-state index in [2.05, 4.69) is 21.4 Å². The summed E-state index contributed by atoms with van der Waals surface area (Å²) in [5, 5.41) is 10.7. The fraction of sp³-hybridized carbons (Fsp3) is 0.471. The molecule has 0 radical (unpaired) electrons. The zero-order chi connectivity index (χ0) is 19.2. The Hall–Kier alpha value is -2.30. The molecule has 3 atom stereocenters. The van der Waals surface area contributed by atoms with E-state index in [9.17, 15) is 14.4 Å². The number of rotatable bonds is 7. The summed E-state index contributed by atoms with van der Waals surface area (Å²) in [6.45, 7) is 2.36. The Morgan fingerprint density at radius 1 is 1.33 bits per heavy atom. The number of carbonyl (C=O) groups excluding carboxylic acids is 3. The first-order valence-corrected chi connectivity index (χ1v) is 9.81. The van der Waals surface area contributed by atoms with Crippen molar-refractivity contribution in [2.45, 2.75) is 18.6 Å². The minimum absolute atomic E-state index is 0.0610. The highest BCUT2D eigenvalue weighted by Gasteiger charge is 2.44. The monoisotopic (exact) mass is 393 g/mol. The maximum absolute atomic E-state index is 12.4. The van der Waals surface area contributed by atoms with Crippen molar-refractivity contribution in [3.63, 3.8) is 0 Å². The molecule has 0 bridgehead atoms. The van der Waals surface area contributed by atoms with Crippen LogP contribution < -0.4 is 26.4 Å². The van der Waals surface area contributed by atoms with Gasteiger partial charge in [0.2, 0.25) is 11.8 Å². The number of carbonyl (C=O) groups is 3. The van der Waals surface area contributed by atoms with Gasteiger partial charge in [-0.05, 0) is 19.1 Å². The number of amides is 2. The number of esters is 1. The quantitative estimate of drug-likeness (QED) is 0.453. The van der Waals surface area contributed by atoms with Crippen molar-refractivity contribution in [3.05, 3.63) is 30.3 Å². The highest BCUT2D eigenvalue weighted by molar-refractivity contribution is 8.00. The first-order chi connectivity index (χ1) is 13.1. The molecule has 1 aromatic rings. The first-order valence-electron chi connectivity index (χ1n) is 8.76. The molecule has 0 aromatic heterocycles. The molecule has 9 nitrogen and oxygen atoms in total. The fourth-order valence-electron chi connectivity index (χ4n) is 2.97. The van der Waals surface area contributed by atoms with Gasteiger partial charge in [0, 0.05) is 6.54 Å². The summed E-state index contributed by atoms with van der Waals surface area (Å²) in [4.78, 5) is 35.6. The van der Waals surface area contributed by atoms with Crippen molar-refractivity contribution < 1.29 is 19.1 Å². The van der Waals surface area contributed by atoms with Crippen molar-refractivity contribution in [2.75, 3.05) is 30.5 Å². The van der Waals surface area contributed by atoms with Gasteiger partial charge in [0.15, 0.2) is 0 Å². The summed E-state index contributed by atoms with van der Waals surface area (Å²) >= 11 is 1.26. The van der Waals surface area contributed by atoms with Crippen LogP contribution in [0.2, 0.25) is 0 Å². The minimum Gasteiger partial charge on any atom is -0.465 e. The zero-order valence-corrected chi connectivity index (χ0v) is 15.8. The third-order valence-electron chi connectivity index (χ3n) is 4.22. The molecule has 2 aliphatic heterocycles. The normalized spacial score (nSPS) is 24.1. The van der Waals surface area contributed by atoms with Gasteiger partial charge in [0.05, 0.1) is 24.0 Å². The van der Waals surface area contributed by atoms with Crippen LogP contribution >= 0.6 is 11.8 Å². The molecule has 27 heavy (non-hydrogen) atoms. The fourth-order valence-corrected chi connectivity index (χ4v) is 3.82. The Morgan fingerprint density at radius 2 is 2.11 bits per heavy atom. The number of hydrogen-bond donors (Lipinski definition) is 4. The number of anilines is 1. The topological polar surface area (TPSA) is 112 Å². The van der Waals surface area contributed by atoms with E-state index in [-0.39, 0.29) is 42.8 Å². The summed E-state index contributed by atoms with van der Waals surface area (Å²) in [5.74, 6) is -0.948. The maximum Gasteiger partial charge on any atom is 0.325 e. The van der Waals surface area contributed by atoms with Gasteiger partial charge in [-0.1, -0.05) is 18.2 Å². The van der Waals surface area contributed by atoms with Gasteiger partial charge in [-0.3, -0.25) is 24.7 Å². The number of para-hydroxylation sites is 1. The van der Waals surface area contributed by atoms with E-state index in [1.165, 1.54) is 11.8 Å². The van der Waals surface area contributed by atoms with Gasteiger partial charge in [-0.2, -0.15) is 0 Å². The van der Waals surface area contributed by atoms with E-state index < -0.39 is 11.5 Å². The Balaban J connectivity index is 1.52. The molecule has 2 fully saturated rings. The van der Waals surface area contributed by atoms with E-state index in [1.807, 2.05) is 35.3 Å². The SMILES string of the molecule is CCOC(=O)CNC(=O)CSC1NC(=O)C2CNN(c3ccccc3)C2N1.